The zero-order valence-corrected chi connectivity index (χ0v) is 8.74. The zero-order chi connectivity index (χ0) is 9.97. The van der Waals surface area contributed by atoms with Gasteiger partial charge < -0.3 is 9.90 Å². The highest BCUT2D eigenvalue weighted by Gasteiger charge is 2.28. The largest absolute Gasteiger partial charge is 0.549 e. The predicted octanol–water partition coefficient (Wildman–Crippen LogP) is 0.706. The molecule has 74 valence electrons. The topological polar surface area (TPSA) is 40.1 Å². The molecule has 0 spiro atoms. The summed E-state index contributed by atoms with van der Waals surface area (Å²) < 4.78 is 0. The second kappa shape index (κ2) is 4.10. The van der Waals surface area contributed by atoms with E-state index in [1.165, 1.54) is 5.30 Å². The van der Waals surface area contributed by atoms with Crippen molar-refractivity contribution in [2.45, 2.75) is 18.5 Å². The SMILES string of the molecule is O=C([O-])[C@@H]1CCCP1c1ccccc1. The van der Waals surface area contributed by atoms with Gasteiger partial charge in [-0.25, -0.2) is 0 Å². The van der Waals surface area contributed by atoms with E-state index in [4.69, 9.17) is 0 Å². The Hall–Kier alpha value is -0.880. The van der Waals surface area contributed by atoms with E-state index >= 15 is 0 Å². The van der Waals surface area contributed by atoms with E-state index in [0.717, 1.165) is 19.0 Å². The second-order valence-electron chi connectivity index (χ2n) is 3.51. The van der Waals surface area contributed by atoms with Gasteiger partial charge in [0.2, 0.25) is 0 Å². The number of aliphatic carboxylic acids is 1. The lowest BCUT2D eigenvalue weighted by Crippen LogP contribution is -2.34. The van der Waals surface area contributed by atoms with E-state index in [2.05, 4.69) is 0 Å². The maximum absolute atomic E-state index is 10.9. The molecule has 1 aliphatic rings. The van der Waals surface area contributed by atoms with Crippen LogP contribution in [0.25, 0.3) is 0 Å². The molecule has 2 nitrogen and oxygen atoms in total. The summed E-state index contributed by atoms with van der Waals surface area (Å²) in [6, 6.07) is 9.98. The predicted molar refractivity (Wildman–Crippen MR) is 55.9 cm³/mol. The molecule has 0 radical (unpaired) electrons. The Balaban J connectivity index is 2.22. The van der Waals surface area contributed by atoms with Gasteiger partial charge in [0.15, 0.2) is 0 Å². The van der Waals surface area contributed by atoms with E-state index in [0.29, 0.717) is 0 Å². The molecule has 2 atom stereocenters. The van der Waals surface area contributed by atoms with E-state index < -0.39 is 13.9 Å². The van der Waals surface area contributed by atoms with Crippen molar-refractivity contribution in [3.05, 3.63) is 30.3 Å². The zero-order valence-electron chi connectivity index (χ0n) is 7.85. The molecule has 2 rings (SSSR count). The molecule has 1 fully saturated rings. The fraction of sp³-hybridized carbons (Fsp3) is 0.364. The van der Waals surface area contributed by atoms with Crippen LogP contribution in [0, 0.1) is 0 Å². The van der Waals surface area contributed by atoms with Crippen LogP contribution in [0.2, 0.25) is 0 Å². The van der Waals surface area contributed by atoms with Crippen LogP contribution in [-0.4, -0.2) is 17.8 Å². The average Bonchev–Trinajstić information content (AvgIpc) is 2.67. The van der Waals surface area contributed by atoms with Crippen molar-refractivity contribution >= 4 is 19.2 Å². The highest BCUT2D eigenvalue weighted by Crippen LogP contribution is 2.48. The molecule has 0 bridgehead atoms. The Kier molecular flexibility index (Phi) is 2.83. The van der Waals surface area contributed by atoms with Crippen molar-refractivity contribution in [1.29, 1.82) is 0 Å². The Morgan fingerprint density at radius 2 is 2.07 bits per heavy atom. The fourth-order valence-corrected chi connectivity index (χ4v) is 4.70. The van der Waals surface area contributed by atoms with Crippen LogP contribution in [-0.2, 0) is 4.79 Å². The number of carbonyl (C=O) groups excluding carboxylic acids is 1. The molecule has 14 heavy (non-hydrogen) atoms. The van der Waals surface area contributed by atoms with Gasteiger partial charge in [0.25, 0.3) is 0 Å². The van der Waals surface area contributed by atoms with Crippen LogP contribution in [0.3, 0.4) is 0 Å². The number of carboxylic acids is 1. The van der Waals surface area contributed by atoms with Crippen LogP contribution in [0.4, 0.5) is 0 Å². The maximum Gasteiger partial charge on any atom is 0.0491 e. The minimum Gasteiger partial charge on any atom is -0.549 e. The molecule has 1 saturated heterocycles. The van der Waals surface area contributed by atoms with E-state index in [1.54, 1.807) is 0 Å². The van der Waals surface area contributed by atoms with Crippen LogP contribution >= 0.6 is 7.92 Å². The Morgan fingerprint density at radius 3 is 2.71 bits per heavy atom. The van der Waals surface area contributed by atoms with Gasteiger partial charge in [-0.3, -0.25) is 0 Å². The molecule has 0 aromatic heterocycles. The number of hydrogen-bond acceptors (Lipinski definition) is 2. The number of rotatable bonds is 2. The van der Waals surface area contributed by atoms with Gasteiger partial charge in [0.05, 0.1) is 0 Å². The maximum atomic E-state index is 10.9. The van der Waals surface area contributed by atoms with Crippen molar-refractivity contribution < 1.29 is 9.90 Å². The first-order valence-electron chi connectivity index (χ1n) is 4.81. The monoisotopic (exact) mass is 207 g/mol. The standard InChI is InChI=1S/C11H13O2P/c12-11(13)10-7-4-8-14(10)9-5-2-1-3-6-9/h1-3,5-6,10H,4,7-8H2,(H,12,13)/p-1/t10-,14?/m0/s1. The van der Waals surface area contributed by atoms with Gasteiger partial charge in [-0.05, 0) is 24.3 Å². The van der Waals surface area contributed by atoms with E-state index in [1.807, 2.05) is 30.3 Å². The normalized spacial score (nSPS) is 26.3. The quantitative estimate of drug-likeness (QED) is 0.670. The van der Waals surface area contributed by atoms with Crippen molar-refractivity contribution in [3.63, 3.8) is 0 Å². The van der Waals surface area contributed by atoms with Gasteiger partial charge in [-0.15, -0.1) is 0 Å². The summed E-state index contributed by atoms with van der Waals surface area (Å²) in [5.74, 6) is -0.863. The lowest BCUT2D eigenvalue weighted by atomic mass is 10.3. The molecule has 0 N–H and O–H groups in total. The highest BCUT2D eigenvalue weighted by molar-refractivity contribution is 7.67. The molecule has 1 aromatic carbocycles. The smallest absolute Gasteiger partial charge is 0.0491 e. The third-order valence-corrected chi connectivity index (χ3v) is 5.59. The summed E-state index contributed by atoms with van der Waals surface area (Å²) in [4.78, 5) is 10.9. The second-order valence-corrected chi connectivity index (χ2v) is 6.03. The molecular weight excluding hydrogens is 195 g/mol. The molecule has 0 saturated carbocycles. The van der Waals surface area contributed by atoms with E-state index in [-0.39, 0.29) is 5.66 Å². The van der Waals surface area contributed by atoms with Crippen LogP contribution in [0.5, 0.6) is 0 Å². The summed E-state index contributed by atoms with van der Waals surface area (Å²) in [7, 11) is -0.505. The Morgan fingerprint density at radius 1 is 1.36 bits per heavy atom. The lowest BCUT2D eigenvalue weighted by molar-refractivity contribution is -0.304. The van der Waals surface area contributed by atoms with Gasteiger partial charge in [-0.2, -0.15) is 0 Å². The lowest BCUT2D eigenvalue weighted by Gasteiger charge is -2.21. The molecular formula is C11H12O2P-. The minimum absolute atomic E-state index is 0.215. The Bertz CT molecular complexity index is 323. The third-order valence-electron chi connectivity index (χ3n) is 2.61. The molecule has 1 aliphatic heterocycles. The minimum atomic E-state index is -0.863. The first-order valence-corrected chi connectivity index (χ1v) is 6.41. The summed E-state index contributed by atoms with van der Waals surface area (Å²) in [6.45, 7) is 0. The summed E-state index contributed by atoms with van der Waals surface area (Å²) >= 11 is 0. The van der Waals surface area contributed by atoms with Crippen LogP contribution in [0.1, 0.15) is 12.8 Å². The Labute approximate surface area is 84.7 Å². The number of hydrogen-bond donors (Lipinski definition) is 0. The van der Waals surface area contributed by atoms with Gasteiger partial charge in [-0.1, -0.05) is 38.3 Å². The molecule has 1 unspecified atom stereocenters. The van der Waals surface area contributed by atoms with Crippen molar-refractivity contribution in [1.82, 2.24) is 0 Å². The van der Waals surface area contributed by atoms with Crippen LogP contribution < -0.4 is 10.4 Å². The van der Waals surface area contributed by atoms with Gasteiger partial charge in [0.1, 0.15) is 0 Å². The van der Waals surface area contributed by atoms with Crippen LogP contribution in [0.15, 0.2) is 30.3 Å². The van der Waals surface area contributed by atoms with Crippen molar-refractivity contribution in [2.24, 2.45) is 0 Å². The summed E-state index contributed by atoms with van der Waals surface area (Å²) in [5, 5.41) is 12.1. The third kappa shape index (κ3) is 1.80. The molecule has 0 amide bonds. The first kappa shape index (κ1) is 9.67. The number of benzene rings is 1. The van der Waals surface area contributed by atoms with Gasteiger partial charge in [0, 0.05) is 11.6 Å². The fourth-order valence-electron chi connectivity index (χ4n) is 1.94. The number of carbonyl (C=O) groups is 1. The number of carboxylic acid groups (broad SMARTS) is 1. The first-order chi connectivity index (χ1) is 6.79. The van der Waals surface area contributed by atoms with Crippen molar-refractivity contribution in [2.75, 3.05) is 6.16 Å². The summed E-state index contributed by atoms with van der Waals surface area (Å²) in [5.41, 5.74) is -0.215. The molecule has 3 heteroatoms. The average molecular weight is 207 g/mol. The summed E-state index contributed by atoms with van der Waals surface area (Å²) in [6.07, 6.45) is 2.86. The van der Waals surface area contributed by atoms with Gasteiger partial charge >= 0.3 is 0 Å². The molecule has 1 aromatic rings. The van der Waals surface area contributed by atoms with E-state index in [9.17, 15) is 9.90 Å². The highest BCUT2D eigenvalue weighted by atomic mass is 31.1. The molecule has 1 heterocycles. The molecule has 0 aliphatic carbocycles. The van der Waals surface area contributed by atoms with Crippen molar-refractivity contribution in [3.8, 4) is 0 Å².